The first kappa shape index (κ1) is 82.6. The third kappa shape index (κ3) is 81.8. The smallest absolute Gasteiger partial charge is 0.0721 e. The van der Waals surface area contributed by atoms with E-state index < -0.39 is 0 Å². The fourth-order valence-electron chi connectivity index (χ4n) is 4.94. The molecule has 5 heterocycles. The van der Waals surface area contributed by atoms with Gasteiger partial charge in [0.1, 0.15) is 0 Å². The van der Waals surface area contributed by atoms with E-state index in [1.54, 1.807) is 52.9 Å². The molecule has 0 unspecified atom stereocenters. The SMILES string of the molecule is CCN(C)CC.CN(C)C.CN1CCC(O)CC1.CN1CCCC1.CN1CCOCC1.CNC(CO)CO.CNC1CC1.CNC1CCOCC1.CNCCOC.CNOC.CNc1cn[nH]c1.CON(C)C. The van der Waals surface area contributed by atoms with Gasteiger partial charge in [0.15, 0.2) is 0 Å². The number of hydroxylamine groups is 3. The zero-order valence-electron chi connectivity index (χ0n) is 50.9. The third-order valence-corrected chi connectivity index (χ3v) is 10.7. The molecule has 6 rings (SSSR count). The maximum atomic E-state index is 9.00. The summed E-state index contributed by atoms with van der Waals surface area (Å²) in [5, 5.41) is 48.5. The van der Waals surface area contributed by atoms with Crippen molar-refractivity contribution in [2.75, 3.05) is 238 Å². The van der Waals surface area contributed by atoms with Crippen molar-refractivity contribution in [3.05, 3.63) is 12.4 Å². The van der Waals surface area contributed by atoms with Gasteiger partial charge >= 0.3 is 0 Å². The first-order valence-electron chi connectivity index (χ1n) is 26.5. The van der Waals surface area contributed by atoms with Crippen LogP contribution in [0.5, 0.6) is 0 Å². The number of aromatic nitrogens is 2. The zero-order chi connectivity index (χ0) is 56.9. The van der Waals surface area contributed by atoms with E-state index in [-0.39, 0.29) is 25.4 Å². The summed E-state index contributed by atoms with van der Waals surface area (Å²) in [4.78, 5) is 20.0. The first-order chi connectivity index (χ1) is 34.9. The Hall–Kier alpha value is -1.75. The molecule has 446 valence electrons. The standard InChI is InChI=1S/2C6H13NO.C5H11NO.C5H11N.C5H13N.C4H7N3.C4H11NO2.C4H11NO.C4H9N.C3H9NO.C3H9N.C2H7NO/c1-7-6-2-4-8-5-3-6;1-7-4-2-6(8)3-5-7;1-6-2-4-7-5-3-6;1-6-4-2-3-5-6;1-4-6(3)5-2;1-5-4-2-6-7-3-4;1-5-4(2-6)3-7;1-5-3-4-6-2;1-5-4-2-3-4;1-4(2)5-3;1-4(2)3;1-3-4-2/h6-7H,2-5H2,1H3;6,8H,2-5H2,1H3;2-5H2,1H3;2-5H2,1H3;4-5H2,1-3H3;2-3,5H,1H3,(H,6,7);4-7H,2-3H2,1H3;5H,3-4H2,1-2H3;4-5H,2-3H2,1H3;1-3H3;1-3H3;3H,1-2H3. The van der Waals surface area contributed by atoms with Gasteiger partial charge in [-0.1, -0.05) is 13.8 Å². The molecule has 22 heteroatoms. The summed E-state index contributed by atoms with van der Waals surface area (Å²) in [5.74, 6) is 0. The second-order valence-corrected chi connectivity index (χ2v) is 18.1. The molecule has 10 N–H and O–H groups in total. The summed E-state index contributed by atoms with van der Waals surface area (Å²) in [7, 11) is 34.2. The molecule has 0 aromatic carbocycles. The second-order valence-electron chi connectivity index (χ2n) is 18.1. The molecule has 0 radical (unpaired) electrons. The molecule has 0 bridgehead atoms. The van der Waals surface area contributed by atoms with Gasteiger partial charge < -0.3 is 90.3 Å². The number of aliphatic hydroxyl groups excluding tert-OH is 3. The molecule has 22 nitrogen and oxygen atoms in total. The quantitative estimate of drug-likeness (QED) is 0.0995. The highest BCUT2D eigenvalue weighted by atomic mass is 16.7. The van der Waals surface area contributed by atoms with Crippen molar-refractivity contribution in [2.45, 2.75) is 89.4 Å². The van der Waals surface area contributed by atoms with Gasteiger partial charge in [-0.15, -0.1) is 0 Å². The lowest BCUT2D eigenvalue weighted by atomic mass is 10.1. The van der Waals surface area contributed by atoms with Crippen LogP contribution in [0.15, 0.2) is 12.4 Å². The van der Waals surface area contributed by atoms with Crippen molar-refractivity contribution in [3.63, 3.8) is 0 Å². The average molecular weight is 1060 g/mol. The third-order valence-electron chi connectivity index (χ3n) is 10.7. The van der Waals surface area contributed by atoms with E-state index in [1.165, 1.54) is 51.6 Å². The number of nitrogens with one attached hydrogen (secondary N) is 7. The van der Waals surface area contributed by atoms with Gasteiger partial charge in [0.05, 0.1) is 71.3 Å². The highest BCUT2D eigenvalue weighted by Crippen LogP contribution is 2.17. The molecule has 5 fully saturated rings. The number of likely N-dealkylation sites (tertiary alicyclic amines) is 2. The van der Waals surface area contributed by atoms with Gasteiger partial charge in [-0.05, 0) is 155 Å². The van der Waals surface area contributed by atoms with E-state index in [0.717, 1.165) is 103 Å². The summed E-state index contributed by atoms with van der Waals surface area (Å²) in [5.41, 5.74) is 3.44. The highest BCUT2D eigenvalue weighted by molar-refractivity contribution is 5.35. The number of methoxy groups -OCH3 is 1. The van der Waals surface area contributed by atoms with Crippen molar-refractivity contribution in [1.29, 1.82) is 0 Å². The molecule has 4 saturated heterocycles. The van der Waals surface area contributed by atoms with E-state index in [0.29, 0.717) is 6.04 Å². The van der Waals surface area contributed by atoms with E-state index in [9.17, 15) is 0 Å². The number of hydrogen-bond donors (Lipinski definition) is 10. The first-order valence-corrected chi connectivity index (χ1v) is 26.5. The van der Waals surface area contributed by atoms with Crippen LogP contribution in [0.1, 0.15) is 65.2 Å². The lowest BCUT2D eigenvalue weighted by Gasteiger charge is -2.25. The van der Waals surface area contributed by atoms with Crippen molar-refractivity contribution in [2.24, 2.45) is 0 Å². The van der Waals surface area contributed by atoms with Crippen molar-refractivity contribution in [3.8, 4) is 0 Å². The maximum Gasteiger partial charge on any atom is 0.0721 e. The van der Waals surface area contributed by atoms with E-state index >= 15 is 0 Å². The number of rotatable bonds is 13. The van der Waals surface area contributed by atoms with Crippen LogP contribution in [0.3, 0.4) is 0 Å². The zero-order valence-corrected chi connectivity index (χ0v) is 50.9. The van der Waals surface area contributed by atoms with Crippen LogP contribution in [-0.4, -0.2) is 312 Å². The number of H-pyrrole nitrogens is 1. The van der Waals surface area contributed by atoms with Crippen LogP contribution in [0.4, 0.5) is 5.69 Å². The van der Waals surface area contributed by atoms with E-state index in [1.807, 2.05) is 68.3 Å². The number of morpholine rings is 1. The maximum absolute atomic E-state index is 9.00. The Labute approximate surface area is 449 Å². The fraction of sp³-hybridized carbons (Fsp3) is 0.941. The van der Waals surface area contributed by atoms with Gasteiger partial charge in [0.2, 0.25) is 0 Å². The van der Waals surface area contributed by atoms with E-state index in [4.69, 9.17) is 29.5 Å². The number of piperidine rings is 1. The Kier molecular flexibility index (Phi) is 77.2. The van der Waals surface area contributed by atoms with Crippen LogP contribution in [-0.2, 0) is 23.9 Å². The highest BCUT2D eigenvalue weighted by Gasteiger charge is 2.17. The molecule has 0 spiro atoms. The van der Waals surface area contributed by atoms with Gasteiger partial charge in [-0.25, -0.2) is 5.48 Å². The Morgan fingerprint density at radius 3 is 1.29 bits per heavy atom. The van der Waals surface area contributed by atoms with Gasteiger partial charge in [-0.3, -0.25) is 5.10 Å². The number of ether oxygens (including phenoxy) is 3. The van der Waals surface area contributed by atoms with Crippen LogP contribution < -0.4 is 32.1 Å². The van der Waals surface area contributed by atoms with E-state index in [2.05, 4.69) is 114 Å². The van der Waals surface area contributed by atoms with Crippen molar-refractivity contribution >= 4 is 5.69 Å². The molecular weight excluding hydrogens is 937 g/mol. The lowest BCUT2D eigenvalue weighted by molar-refractivity contribution is -0.0855. The molecule has 1 aromatic heterocycles. The average Bonchev–Trinajstić information content (AvgIpc) is 3.87. The number of nitrogens with zero attached hydrogens (tertiary/aromatic N) is 7. The number of hydrogen-bond acceptors (Lipinski definition) is 21. The Morgan fingerprint density at radius 1 is 0.699 bits per heavy atom. The number of aliphatic hydroxyl groups is 3. The molecule has 1 aromatic rings. The molecular formula is C51H124N14O8. The molecule has 1 aliphatic carbocycles. The van der Waals surface area contributed by atoms with Crippen LogP contribution in [0.25, 0.3) is 0 Å². The van der Waals surface area contributed by atoms with Crippen molar-refractivity contribution in [1.82, 2.24) is 66.5 Å². The Morgan fingerprint density at radius 2 is 1.12 bits per heavy atom. The lowest BCUT2D eigenvalue weighted by Crippen LogP contribution is -2.32. The number of anilines is 1. The largest absolute Gasteiger partial charge is 0.395 e. The molecule has 0 amide bonds. The summed E-state index contributed by atoms with van der Waals surface area (Å²) in [6.07, 6.45) is 13.4. The summed E-state index contributed by atoms with van der Waals surface area (Å²) >= 11 is 0. The Bertz CT molecular complexity index is 1020. The summed E-state index contributed by atoms with van der Waals surface area (Å²) in [6.45, 7) is 19.0. The Balaban J connectivity index is -0.000000169. The summed E-state index contributed by atoms with van der Waals surface area (Å²) < 4.78 is 15.0. The minimum absolute atomic E-state index is 0.00694. The van der Waals surface area contributed by atoms with Gasteiger partial charge in [0.25, 0.3) is 0 Å². The molecule has 4 aliphatic heterocycles. The predicted molar refractivity (Wildman–Crippen MR) is 309 cm³/mol. The minimum Gasteiger partial charge on any atom is -0.395 e. The molecule has 5 aliphatic rings. The molecule has 73 heavy (non-hydrogen) atoms. The van der Waals surface area contributed by atoms with Crippen LogP contribution >= 0.6 is 0 Å². The monoisotopic (exact) mass is 1060 g/mol. The molecule has 1 saturated carbocycles. The van der Waals surface area contributed by atoms with Gasteiger partial charge in [0, 0.05) is 99.5 Å². The molecule has 0 atom stereocenters. The topological polar surface area (TPSA) is 227 Å². The number of likely N-dealkylation sites (N-methyl/N-ethyl adjacent to an activating group) is 3. The van der Waals surface area contributed by atoms with Crippen LogP contribution in [0.2, 0.25) is 0 Å². The normalized spacial score (nSPS) is 16.5. The fourth-order valence-corrected chi connectivity index (χ4v) is 4.94. The predicted octanol–water partition coefficient (Wildman–Crippen LogP) is 1.36. The second kappa shape index (κ2) is 68.3. The van der Waals surface area contributed by atoms with Crippen LogP contribution in [0, 0.1) is 0 Å². The summed E-state index contributed by atoms with van der Waals surface area (Å²) in [6, 6.07) is 1.44. The van der Waals surface area contributed by atoms with Crippen molar-refractivity contribution < 1.29 is 39.2 Å². The minimum atomic E-state index is -0.153. The van der Waals surface area contributed by atoms with Gasteiger partial charge in [-0.2, -0.15) is 10.2 Å². The number of aromatic amines is 1.